The number of nitrogens with two attached hydrogens (primary N) is 1. The van der Waals surface area contributed by atoms with Gasteiger partial charge in [-0.1, -0.05) is 24.3 Å². The molecule has 2 aromatic heterocycles. The van der Waals surface area contributed by atoms with Crippen molar-refractivity contribution in [3.63, 3.8) is 0 Å². The number of benzene rings is 2. The van der Waals surface area contributed by atoms with Crippen molar-refractivity contribution in [2.75, 3.05) is 5.73 Å². The first-order valence-corrected chi connectivity index (χ1v) is 8.99. The largest absolute Gasteiger partial charge is 0.399 e. The summed E-state index contributed by atoms with van der Waals surface area (Å²) in [6.07, 6.45) is 5.07. The molecule has 0 unspecified atom stereocenters. The maximum atomic E-state index is 8.12. The average Bonchev–Trinajstić information content (AvgIpc) is 3.36. The number of anilines is 1. The summed E-state index contributed by atoms with van der Waals surface area (Å²) in [5, 5.41) is 13.0. The molecule has 2 heterocycles. The van der Waals surface area contributed by atoms with Crippen LogP contribution in [-0.4, -0.2) is 30.9 Å². The van der Waals surface area contributed by atoms with Gasteiger partial charge in [0.05, 0.1) is 23.8 Å². The minimum absolute atomic E-state index is 0.250. The van der Waals surface area contributed by atoms with Crippen LogP contribution in [0.3, 0.4) is 0 Å². The molecule has 0 saturated carbocycles. The zero-order chi connectivity index (χ0) is 20.8. The molecule has 0 saturated heterocycles. The van der Waals surface area contributed by atoms with E-state index in [2.05, 4.69) is 29.3 Å². The molecule has 146 valence electrons. The van der Waals surface area contributed by atoms with E-state index in [1.54, 1.807) is 4.68 Å². The highest BCUT2D eigenvalue weighted by Crippen LogP contribution is 2.20. The van der Waals surface area contributed by atoms with Crippen molar-refractivity contribution in [2.45, 2.75) is 20.3 Å². The van der Waals surface area contributed by atoms with Crippen molar-refractivity contribution in [1.29, 1.82) is 0 Å². The molecule has 0 aliphatic rings. The van der Waals surface area contributed by atoms with Crippen molar-refractivity contribution in [3.05, 3.63) is 72.2 Å². The van der Waals surface area contributed by atoms with E-state index < -0.39 is 0 Å². The van der Waals surface area contributed by atoms with Crippen LogP contribution in [0.1, 0.15) is 18.2 Å². The fourth-order valence-electron chi connectivity index (χ4n) is 2.97. The molecule has 0 aliphatic heterocycles. The van der Waals surface area contributed by atoms with Gasteiger partial charge in [-0.15, -0.1) is 5.10 Å². The van der Waals surface area contributed by atoms with Crippen molar-refractivity contribution < 1.29 is 9.59 Å². The first-order chi connectivity index (χ1) is 14.1. The smallest absolute Gasteiger partial charge is 0.373 e. The third-order valence-corrected chi connectivity index (χ3v) is 4.55. The second-order valence-electron chi connectivity index (χ2n) is 6.29. The van der Waals surface area contributed by atoms with Crippen LogP contribution in [0.5, 0.6) is 0 Å². The zero-order valence-electron chi connectivity index (χ0n) is 16.1. The van der Waals surface area contributed by atoms with Gasteiger partial charge in [0.25, 0.3) is 0 Å². The number of nitrogens with zero attached hydrogens (tertiary/aromatic N) is 5. The van der Waals surface area contributed by atoms with Gasteiger partial charge in [0.2, 0.25) is 0 Å². The topological polar surface area (TPSA) is 109 Å². The number of aromatic nitrogens is 5. The van der Waals surface area contributed by atoms with Gasteiger partial charge in [-0.3, -0.25) is 0 Å². The molecule has 4 rings (SSSR count). The summed E-state index contributed by atoms with van der Waals surface area (Å²) in [6.45, 7) is 4.23. The molecule has 0 amide bonds. The Morgan fingerprint density at radius 2 is 1.62 bits per heavy atom. The van der Waals surface area contributed by atoms with E-state index in [1.807, 2.05) is 65.6 Å². The molecular formula is C21H20N6O2. The van der Waals surface area contributed by atoms with Crippen LogP contribution in [-0.2, 0) is 16.0 Å². The van der Waals surface area contributed by atoms with E-state index >= 15 is 0 Å². The van der Waals surface area contributed by atoms with Crippen LogP contribution in [0.4, 0.5) is 5.69 Å². The summed E-state index contributed by atoms with van der Waals surface area (Å²) >= 11 is 0. The van der Waals surface area contributed by atoms with Gasteiger partial charge < -0.3 is 5.73 Å². The fraction of sp³-hybridized carbons (Fsp3) is 0.143. The number of hydrogen-bond acceptors (Lipinski definition) is 6. The molecular weight excluding hydrogens is 368 g/mol. The van der Waals surface area contributed by atoms with Crippen molar-refractivity contribution >= 4 is 11.8 Å². The molecule has 4 aromatic rings. The molecule has 0 bridgehead atoms. The molecule has 2 N–H and O–H groups in total. The Morgan fingerprint density at radius 3 is 2.21 bits per heavy atom. The van der Waals surface area contributed by atoms with Crippen LogP contribution in [0.2, 0.25) is 0 Å². The van der Waals surface area contributed by atoms with Gasteiger partial charge in [0.15, 0.2) is 0 Å². The van der Waals surface area contributed by atoms with Gasteiger partial charge in [-0.2, -0.15) is 14.7 Å². The number of carbonyl (C=O) groups excluding carboxylic acids is 2. The van der Waals surface area contributed by atoms with Gasteiger partial charge in [0, 0.05) is 16.9 Å². The van der Waals surface area contributed by atoms with E-state index in [4.69, 9.17) is 15.3 Å². The number of hydrogen-bond donors (Lipinski definition) is 1. The molecule has 0 atom stereocenters. The van der Waals surface area contributed by atoms with E-state index in [1.165, 1.54) is 11.3 Å². The minimum Gasteiger partial charge on any atom is -0.399 e. The van der Waals surface area contributed by atoms with Crippen LogP contribution in [0.15, 0.2) is 60.9 Å². The summed E-state index contributed by atoms with van der Waals surface area (Å²) in [5.41, 5.74) is 12.7. The van der Waals surface area contributed by atoms with Crippen LogP contribution in [0.25, 0.3) is 22.6 Å². The minimum atomic E-state index is 0.250. The standard InChI is InChI=1S/C20H20N6.CO2/c1-3-15-12-22-26(14(15)2)19-10-8-18(9-11-19)25-13-20(23-24-25)16-4-6-17(21)7-5-16;2-1-3/h4-13H,3,21H2,1-2H3;. The maximum absolute atomic E-state index is 8.12. The fourth-order valence-corrected chi connectivity index (χ4v) is 2.97. The summed E-state index contributed by atoms with van der Waals surface area (Å²) < 4.78 is 3.73. The quantitative estimate of drug-likeness (QED) is 0.538. The highest BCUT2D eigenvalue weighted by molar-refractivity contribution is 5.61. The highest BCUT2D eigenvalue weighted by atomic mass is 16.2. The Labute approximate surface area is 167 Å². The van der Waals surface area contributed by atoms with Crippen molar-refractivity contribution in [2.24, 2.45) is 0 Å². The Hall–Kier alpha value is -4.03. The Balaban J connectivity index is 0.000000755. The van der Waals surface area contributed by atoms with Crippen LogP contribution < -0.4 is 5.73 Å². The first-order valence-electron chi connectivity index (χ1n) is 8.99. The van der Waals surface area contributed by atoms with Gasteiger partial charge in [-0.05, 0) is 55.3 Å². The van der Waals surface area contributed by atoms with E-state index in [0.29, 0.717) is 0 Å². The molecule has 0 spiro atoms. The SMILES string of the molecule is CCc1cnn(-c2ccc(-n3cc(-c4ccc(N)cc4)nn3)cc2)c1C.O=C=O. The molecule has 29 heavy (non-hydrogen) atoms. The lowest BCUT2D eigenvalue weighted by Crippen LogP contribution is -2.01. The third kappa shape index (κ3) is 4.28. The second kappa shape index (κ2) is 8.77. The number of nitrogen functional groups attached to an aromatic ring is 1. The predicted octanol–water partition coefficient (Wildman–Crippen LogP) is 2.99. The van der Waals surface area contributed by atoms with Gasteiger partial charge >= 0.3 is 6.15 Å². The van der Waals surface area contributed by atoms with Gasteiger partial charge in [0.1, 0.15) is 5.69 Å². The third-order valence-electron chi connectivity index (χ3n) is 4.55. The highest BCUT2D eigenvalue weighted by Gasteiger charge is 2.08. The Morgan fingerprint density at radius 1 is 1.00 bits per heavy atom. The molecule has 2 aromatic carbocycles. The van der Waals surface area contributed by atoms with Crippen molar-refractivity contribution in [1.82, 2.24) is 24.8 Å². The van der Waals surface area contributed by atoms with E-state index in [9.17, 15) is 0 Å². The van der Waals surface area contributed by atoms with E-state index in [-0.39, 0.29) is 6.15 Å². The molecule has 8 nitrogen and oxygen atoms in total. The summed E-state index contributed by atoms with van der Waals surface area (Å²) in [7, 11) is 0. The lowest BCUT2D eigenvalue weighted by atomic mass is 10.1. The second-order valence-corrected chi connectivity index (χ2v) is 6.29. The summed E-state index contributed by atoms with van der Waals surface area (Å²) in [5.74, 6) is 0. The van der Waals surface area contributed by atoms with E-state index in [0.717, 1.165) is 34.7 Å². The lowest BCUT2D eigenvalue weighted by molar-refractivity contribution is -0.191. The monoisotopic (exact) mass is 388 g/mol. The summed E-state index contributed by atoms with van der Waals surface area (Å²) in [6, 6.07) is 15.7. The zero-order valence-corrected chi connectivity index (χ0v) is 16.1. The predicted molar refractivity (Wildman–Crippen MR) is 107 cm³/mol. The lowest BCUT2D eigenvalue weighted by Gasteiger charge is -2.06. The summed E-state index contributed by atoms with van der Waals surface area (Å²) in [4.78, 5) is 16.2. The molecule has 0 radical (unpaired) electrons. The number of aryl methyl sites for hydroxylation is 1. The van der Waals surface area contributed by atoms with Gasteiger partial charge in [-0.25, -0.2) is 9.36 Å². The van der Waals surface area contributed by atoms with Crippen molar-refractivity contribution in [3.8, 4) is 22.6 Å². The Bertz CT molecular complexity index is 1120. The van der Waals surface area contributed by atoms with Crippen LogP contribution >= 0.6 is 0 Å². The number of rotatable bonds is 4. The average molecular weight is 388 g/mol. The maximum Gasteiger partial charge on any atom is 0.373 e. The molecule has 0 fully saturated rings. The Kier molecular flexibility index (Phi) is 5.97. The normalized spacial score (nSPS) is 10.1. The first kappa shape index (κ1) is 19.7. The molecule has 0 aliphatic carbocycles. The van der Waals surface area contributed by atoms with Crippen LogP contribution in [0, 0.1) is 6.92 Å². The molecule has 8 heteroatoms.